The molecule has 0 aromatic carbocycles. The highest BCUT2D eigenvalue weighted by Crippen LogP contribution is 2.65. The maximum atomic E-state index is 12.4. The lowest BCUT2D eigenvalue weighted by Crippen LogP contribution is -2.80. The molecule has 26 heavy (non-hydrogen) atoms. The van der Waals surface area contributed by atoms with Crippen LogP contribution in [0.2, 0.25) is 0 Å². The number of hydrogen-bond acceptors (Lipinski definition) is 4. The summed E-state index contributed by atoms with van der Waals surface area (Å²) in [5.41, 5.74) is 2.99. The van der Waals surface area contributed by atoms with Crippen molar-refractivity contribution >= 4 is 28.1 Å². The summed E-state index contributed by atoms with van der Waals surface area (Å²) >= 11 is 0. The third-order valence-electron chi connectivity index (χ3n) is 6.45. The van der Waals surface area contributed by atoms with Gasteiger partial charge in [-0.15, -0.1) is 0 Å². The number of pyridine rings is 1. The predicted octanol–water partition coefficient (Wildman–Crippen LogP) is 1.58. The van der Waals surface area contributed by atoms with Crippen LogP contribution < -0.4 is 5.32 Å². The number of methoxy groups -OCH3 is 1. The van der Waals surface area contributed by atoms with Crippen molar-refractivity contribution in [3.63, 3.8) is 0 Å². The fourth-order valence-corrected chi connectivity index (χ4v) is 5.05. The van der Waals surface area contributed by atoms with Gasteiger partial charge in [0.25, 0.3) is 0 Å². The van der Waals surface area contributed by atoms with Gasteiger partial charge in [-0.05, 0) is 25.3 Å². The number of aromatic nitrogens is 4. The van der Waals surface area contributed by atoms with Gasteiger partial charge >= 0.3 is 6.03 Å². The summed E-state index contributed by atoms with van der Waals surface area (Å²) in [6.07, 6.45) is 8.76. The number of imidazole rings is 1. The summed E-state index contributed by atoms with van der Waals surface area (Å²) in [6.45, 7) is 1.38. The Kier molecular flexibility index (Phi) is 2.55. The van der Waals surface area contributed by atoms with E-state index in [9.17, 15) is 4.79 Å². The van der Waals surface area contributed by atoms with Crippen LogP contribution in [0.3, 0.4) is 0 Å². The van der Waals surface area contributed by atoms with Crippen molar-refractivity contribution in [2.45, 2.75) is 36.4 Å². The van der Waals surface area contributed by atoms with Crippen LogP contribution in [0.15, 0.2) is 24.8 Å². The number of rotatable bonds is 3. The minimum absolute atomic E-state index is 0.0410. The summed E-state index contributed by atoms with van der Waals surface area (Å²) in [5.74, 6) is 0. The van der Waals surface area contributed by atoms with Crippen molar-refractivity contribution in [3.8, 4) is 0 Å². The first kappa shape index (κ1) is 14.5. The maximum absolute atomic E-state index is 12.4. The van der Waals surface area contributed by atoms with Crippen molar-refractivity contribution in [3.05, 3.63) is 24.8 Å². The Morgan fingerprint density at radius 3 is 2.92 bits per heavy atom. The molecule has 2 N–H and O–H groups in total. The molecule has 2 amide bonds. The molecule has 4 heterocycles. The van der Waals surface area contributed by atoms with Gasteiger partial charge in [-0.25, -0.2) is 14.8 Å². The minimum atomic E-state index is -0.0455. The molecule has 4 fully saturated rings. The van der Waals surface area contributed by atoms with E-state index in [2.05, 4.69) is 30.9 Å². The predicted molar refractivity (Wildman–Crippen MR) is 94.8 cm³/mol. The molecule has 4 aliphatic rings. The molecule has 0 atom stereocenters. The van der Waals surface area contributed by atoms with Crippen molar-refractivity contribution in [2.24, 2.45) is 0 Å². The number of nitrogens with one attached hydrogen (secondary N) is 2. The van der Waals surface area contributed by atoms with Gasteiger partial charge < -0.3 is 24.5 Å². The lowest BCUT2D eigenvalue weighted by Gasteiger charge is -2.71. The normalized spacial score (nSPS) is 30.1. The molecule has 3 aromatic rings. The van der Waals surface area contributed by atoms with Crippen LogP contribution in [0.25, 0.3) is 22.1 Å². The van der Waals surface area contributed by atoms with Crippen LogP contribution in [0, 0.1) is 0 Å². The Bertz CT molecular complexity index is 1030. The highest BCUT2D eigenvalue weighted by molar-refractivity contribution is 6.01. The third kappa shape index (κ3) is 1.70. The van der Waals surface area contributed by atoms with Gasteiger partial charge in [0.2, 0.25) is 0 Å². The number of ether oxygens (including phenoxy) is 1. The van der Waals surface area contributed by atoms with Crippen LogP contribution >= 0.6 is 0 Å². The zero-order valence-electron chi connectivity index (χ0n) is 14.5. The van der Waals surface area contributed by atoms with Gasteiger partial charge in [0.15, 0.2) is 0 Å². The first-order valence-corrected chi connectivity index (χ1v) is 9.01. The number of hydrogen-bond donors (Lipinski definition) is 2. The lowest BCUT2D eigenvalue weighted by molar-refractivity contribution is -0.131. The molecule has 1 saturated heterocycles. The average molecular weight is 352 g/mol. The van der Waals surface area contributed by atoms with E-state index in [1.54, 1.807) is 7.11 Å². The highest BCUT2D eigenvalue weighted by atomic mass is 16.5. The van der Waals surface area contributed by atoms with Gasteiger partial charge in [-0.2, -0.15) is 0 Å². The molecule has 0 unspecified atom stereocenters. The van der Waals surface area contributed by atoms with Gasteiger partial charge in [0.1, 0.15) is 11.2 Å². The average Bonchev–Trinajstić information content (AvgIpc) is 3.14. The molecule has 3 aromatic heterocycles. The molecule has 2 bridgehead atoms. The quantitative estimate of drug-likeness (QED) is 0.749. The summed E-state index contributed by atoms with van der Waals surface area (Å²) in [6, 6.07) is 2.10. The van der Waals surface area contributed by atoms with Crippen LogP contribution in [0.4, 0.5) is 4.79 Å². The van der Waals surface area contributed by atoms with Crippen LogP contribution in [0.5, 0.6) is 0 Å². The van der Waals surface area contributed by atoms with Gasteiger partial charge in [0, 0.05) is 24.2 Å². The molecular weight excluding hydrogens is 332 g/mol. The molecule has 0 spiro atoms. The number of carbonyl (C=O) groups excluding carboxylic acids is 1. The SMILES string of the molecule is COC1CN(C(=O)NC23CC(n4cnc5cnc6[nH]ccc6c54)(C2)C3)C1. The molecule has 8 heteroatoms. The number of nitrogens with zero attached hydrogens (tertiary/aromatic N) is 4. The van der Waals surface area contributed by atoms with Crippen LogP contribution in [-0.4, -0.2) is 62.3 Å². The summed E-state index contributed by atoms with van der Waals surface area (Å²) in [7, 11) is 1.69. The number of likely N-dealkylation sites (tertiary alicyclic amines) is 1. The molecule has 3 aliphatic carbocycles. The topological polar surface area (TPSA) is 88.1 Å². The summed E-state index contributed by atoms with van der Waals surface area (Å²) in [4.78, 5) is 26.4. The molecule has 1 aliphatic heterocycles. The number of fused-ring (bicyclic) bond motifs is 3. The molecular formula is C18H20N6O2. The Labute approximate surface area is 149 Å². The Morgan fingerprint density at radius 1 is 1.35 bits per heavy atom. The zero-order chi connectivity index (χ0) is 17.5. The molecule has 0 radical (unpaired) electrons. The highest BCUT2D eigenvalue weighted by Gasteiger charge is 2.70. The Balaban J connectivity index is 1.23. The summed E-state index contributed by atoms with van der Waals surface area (Å²) in [5, 5.41) is 4.36. The Morgan fingerprint density at radius 2 is 2.15 bits per heavy atom. The molecule has 134 valence electrons. The van der Waals surface area contributed by atoms with Crippen molar-refractivity contribution in [1.29, 1.82) is 0 Å². The van der Waals surface area contributed by atoms with Crippen LogP contribution in [0.1, 0.15) is 19.3 Å². The fourth-order valence-electron chi connectivity index (χ4n) is 5.05. The minimum Gasteiger partial charge on any atom is -0.378 e. The van der Waals surface area contributed by atoms with Gasteiger partial charge in [-0.3, -0.25) is 0 Å². The second-order valence-electron chi connectivity index (χ2n) is 8.07. The van der Waals surface area contributed by atoms with Crippen molar-refractivity contribution < 1.29 is 9.53 Å². The number of H-pyrrole nitrogens is 1. The van der Waals surface area contributed by atoms with E-state index in [1.165, 1.54) is 0 Å². The lowest BCUT2D eigenvalue weighted by atomic mass is 9.44. The maximum Gasteiger partial charge on any atom is 0.318 e. The largest absolute Gasteiger partial charge is 0.378 e. The molecule has 7 rings (SSSR count). The van der Waals surface area contributed by atoms with E-state index in [-0.39, 0.29) is 23.2 Å². The van der Waals surface area contributed by atoms with Gasteiger partial charge in [0.05, 0.1) is 42.8 Å². The number of carbonyl (C=O) groups is 1. The van der Waals surface area contributed by atoms with E-state index < -0.39 is 0 Å². The number of urea groups is 1. The smallest absolute Gasteiger partial charge is 0.318 e. The third-order valence-corrected chi connectivity index (χ3v) is 6.45. The van der Waals surface area contributed by atoms with E-state index >= 15 is 0 Å². The second kappa shape index (κ2) is 4.56. The zero-order valence-corrected chi connectivity index (χ0v) is 14.5. The standard InChI is InChI=1S/C18H20N6O2/c1-26-11-5-23(6-11)16(25)22-17-7-18(8-17,9-17)24-10-21-13-4-20-15-12(14(13)24)2-3-19-15/h2-4,10-11H,5-9H2,1H3,(H,19,20)(H,22,25). The fraction of sp³-hybridized carbons (Fsp3) is 0.500. The number of amides is 2. The molecule has 8 nitrogen and oxygen atoms in total. The second-order valence-corrected chi connectivity index (χ2v) is 8.07. The molecule has 3 saturated carbocycles. The van der Waals surface area contributed by atoms with E-state index in [0.717, 1.165) is 41.3 Å². The van der Waals surface area contributed by atoms with Crippen molar-refractivity contribution in [2.75, 3.05) is 20.2 Å². The van der Waals surface area contributed by atoms with E-state index in [4.69, 9.17) is 4.74 Å². The van der Waals surface area contributed by atoms with E-state index in [0.29, 0.717) is 13.1 Å². The Hall–Kier alpha value is -2.61. The van der Waals surface area contributed by atoms with E-state index in [1.807, 2.05) is 23.6 Å². The van der Waals surface area contributed by atoms with Crippen molar-refractivity contribution in [1.82, 2.24) is 29.7 Å². The van der Waals surface area contributed by atoms with Crippen LogP contribution in [-0.2, 0) is 10.3 Å². The first-order valence-electron chi connectivity index (χ1n) is 9.01. The first-order chi connectivity index (χ1) is 12.6. The van der Waals surface area contributed by atoms with Gasteiger partial charge in [-0.1, -0.05) is 0 Å². The monoisotopic (exact) mass is 352 g/mol. The number of aromatic amines is 1. The summed E-state index contributed by atoms with van der Waals surface area (Å²) < 4.78 is 7.55.